The van der Waals surface area contributed by atoms with E-state index in [9.17, 15) is 4.79 Å². The number of thiophene rings is 1. The van der Waals surface area contributed by atoms with Crippen LogP contribution in [0.5, 0.6) is 0 Å². The molecule has 1 aromatic rings. The topological polar surface area (TPSA) is 49.6 Å². The van der Waals surface area contributed by atoms with Crippen LogP contribution in [0.2, 0.25) is 0 Å². The van der Waals surface area contributed by atoms with Crippen LogP contribution in [-0.2, 0) is 0 Å². The van der Waals surface area contributed by atoms with Gasteiger partial charge in [0.15, 0.2) is 0 Å². The number of carbonyl (C=O) groups excluding carboxylic acids is 1. The van der Waals surface area contributed by atoms with Crippen molar-refractivity contribution in [3.8, 4) is 0 Å². The third-order valence-electron chi connectivity index (χ3n) is 3.76. The van der Waals surface area contributed by atoms with E-state index >= 15 is 0 Å². The molecule has 0 saturated carbocycles. The number of nitrogen functional groups attached to an aromatic ring is 1. The molecule has 5 heteroatoms. The van der Waals surface area contributed by atoms with Crippen LogP contribution in [0, 0.1) is 5.92 Å². The lowest BCUT2D eigenvalue weighted by atomic mass is 9.96. The van der Waals surface area contributed by atoms with Gasteiger partial charge in [0.1, 0.15) is 4.88 Å². The second-order valence-corrected chi connectivity index (χ2v) is 6.46. The molecule has 1 aliphatic heterocycles. The number of carbonyl (C=O) groups is 1. The van der Waals surface area contributed by atoms with Crippen molar-refractivity contribution >= 4 is 27.9 Å². The van der Waals surface area contributed by atoms with E-state index in [1.54, 1.807) is 19.0 Å². The van der Waals surface area contributed by atoms with Gasteiger partial charge in [-0.25, -0.2) is 0 Å². The summed E-state index contributed by atoms with van der Waals surface area (Å²) < 4.78 is 0. The molecule has 0 bridgehead atoms. The van der Waals surface area contributed by atoms with Crippen LogP contribution in [0.3, 0.4) is 0 Å². The summed E-state index contributed by atoms with van der Waals surface area (Å²) in [5.74, 6) is 0.767. The number of piperidine rings is 1. The molecule has 1 aliphatic rings. The van der Waals surface area contributed by atoms with Crippen molar-refractivity contribution in [1.82, 2.24) is 4.90 Å². The van der Waals surface area contributed by atoms with Gasteiger partial charge in [-0.1, -0.05) is 13.3 Å². The zero-order valence-corrected chi connectivity index (χ0v) is 12.8. The lowest BCUT2D eigenvalue weighted by molar-refractivity contribution is 0.0833. The third kappa shape index (κ3) is 3.03. The monoisotopic (exact) mass is 281 g/mol. The highest BCUT2D eigenvalue weighted by Gasteiger charge is 2.23. The van der Waals surface area contributed by atoms with Gasteiger partial charge >= 0.3 is 0 Å². The van der Waals surface area contributed by atoms with Crippen LogP contribution < -0.4 is 10.6 Å². The molecule has 106 valence electrons. The maximum Gasteiger partial charge on any atom is 0.265 e. The fourth-order valence-electron chi connectivity index (χ4n) is 2.52. The Morgan fingerprint density at radius 3 is 2.95 bits per heavy atom. The van der Waals surface area contributed by atoms with Crippen molar-refractivity contribution in [2.24, 2.45) is 5.92 Å². The summed E-state index contributed by atoms with van der Waals surface area (Å²) in [5.41, 5.74) is 6.60. The van der Waals surface area contributed by atoms with E-state index in [0.717, 1.165) is 24.0 Å². The first-order valence-electron chi connectivity index (χ1n) is 6.88. The fourth-order valence-corrected chi connectivity index (χ4v) is 3.65. The van der Waals surface area contributed by atoms with Crippen LogP contribution in [0.15, 0.2) is 6.07 Å². The van der Waals surface area contributed by atoms with E-state index in [1.807, 2.05) is 6.07 Å². The van der Waals surface area contributed by atoms with E-state index in [0.29, 0.717) is 10.6 Å². The molecule has 2 N–H and O–H groups in total. The van der Waals surface area contributed by atoms with Crippen LogP contribution in [0.25, 0.3) is 0 Å². The SMILES string of the molecule is CCC1CCCN(c2cc(N)c(C(=O)N(C)C)s2)C1. The molecule has 0 aromatic carbocycles. The zero-order chi connectivity index (χ0) is 14.0. The highest BCUT2D eigenvalue weighted by Crippen LogP contribution is 2.35. The summed E-state index contributed by atoms with van der Waals surface area (Å²) >= 11 is 1.52. The summed E-state index contributed by atoms with van der Waals surface area (Å²) in [6.07, 6.45) is 3.77. The van der Waals surface area contributed by atoms with Gasteiger partial charge < -0.3 is 15.5 Å². The predicted octanol–water partition coefficient (Wildman–Crippen LogP) is 2.66. The van der Waals surface area contributed by atoms with Crippen LogP contribution >= 0.6 is 11.3 Å². The summed E-state index contributed by atoms with van der Waals surface area (Å²) in [6.45, 7) is 4.41. The molecule has 0 spiro atoms. The molecule has 2 heterocycles. The minimum Gasteiger partial charge on any atom is -0.397 e. The van der Waals surface area contributed by atoms with E-state index in [1.165, 1.54) is 30.6 Å². The van der Waals surface area contributed by atoms with Crippen molar-refractivity contribution in [2.75, 3.05) is 37.8 Å². The van der Waals surface area contributed by atoms with Crippen molar-refractivity contribution in [1.29, 1.82) is 0 Å². The Kier molecular flexibility index (Phi) is 4.34. The Morgan fingerprint density at radius 2 is 2.32 bits per heavy atom. The third-order valence-corrected chi connectivity index (χ3v) is 4.96. The molecule has 0 radical (unpaired) electrons. The maximum absolute atomic E-state index is 12.0. The van der Waals surface area contributed by atoms with E-state index < -0.39 is 0 Å². The normalized spacial score (nSPS) is 19.5. The molecule has 1 saturated heterocycles. The molecule has 1 fully saturated rings. The average Bonchev–Trinajstić information content (AvgIpc) is 2.80. The van der Waals surface area contributed by atoms with Crippen LogP contribution in [-0.4, -0.2) is 38.0 Å². The number of rotatable bonds is 3. The van der Waals surface area contributed by atoms with Gasteiger partial charge in [0.25, 0.3) is 5.91 Å². The lowest BCUT2D eigenvalue weighted by Gasteiger charge is -2.32. The molecule has 19 heavy (non-hydrogen) atoms. The van der Waals surface area contributed by atoms with Crippen molar-refractivity contribution in [2.45, 2.75) is 26.2 Å². The molecule has 4 nitrogen and oxygen atoms in total. The summed E-state index contributed by atoms with van der Waals surface area (Å²) in [5, 5.41) is 1.14. The van der Waals surface area contributed by atoms with Gasteiger partial charge in [0.2, 0.25) is 0 Å². The predicted molar refractivity (Wildman–Crippen MR) is 82.0 cm³/mol. The molecule has 1 amide bonds. The number of amides is 1. The average molecular weight is 281 g/mol. The first kappa shape index (κ1) is 14.2. The first-order valence-corrected chi connectivity index (χ1v) is 7.70. The van der Waals surface area contributed by atoms with Gasteiger partial charge in [-0.15, -0.1) is 11.3 Å². The zero-order valence-electron chi connectivity index (χ0n) is 12.0. The highest BCUT2D eigenvalue weighted by atomic mass is 32.1. The Morgan fingerprint density at radius 1 is 1.58 bits per heavy atom. The number of hydrogen-bond acceptors (Lipinski definition) is 4. The molecule has 1 unspecified atom stereocenters. The summed E-state index contributed by atoms with van der Waals surface area (Å²) in [7, 11) is 3.52. The molecule has 0 aliphatic carbocycles. The summed E-state index contributed by atoms with van der Waals surface area (Å²) in [6, 6.07) is 1.96. The first-order chi connectivity index (χ1) is 9.02. The summed E-state index contributed by atoms with van der Waals surface area (Å²) in [4.78, 5) is 16.6. The smallest absolute Gasteiger partial charge is 0.265 e. The van der Waals surface area contributed by atoms with Crippen LogP contribution in [0.1, 0.15) is 35.9 Å². The van der Waals surface area contributed by atoms with E-state index in [2.05, 4.69) is 11.8 Å². The minimum atomic E-state index is -0.00204. The Labute approximate surface area is 119 Å². The molecular formula is C14H23N3OS. The Bertz CT molecular complexity index is 456. The molecule has 1 atom stereocenters. The lowest BCUT2D eigenvalue weighted by Crippen LogP contribution is -2.34. The van der Waals surface area contributed by atoms with Crippen molar-refractivity contribution in [3.63, 3.8) is 0 Å². The maximum atomic E-state index is 12.0. The second-order valence-electron chi connectivity index (χ2n) is 5.43. The molecule has 1 aromatic heterocycles. The fraction of sp³-hybridized carbons (Fsp3) is 0.643. The standard InChI is InChI=1S/C14H23N3OS/c1-4-10-6-5-7-17(9-10)12-8-11(15)13(19-12)14(18)16(2)3/h8,10H,4-7,9,15H2,1-3H3. The van der Waals surface area contributed by atoms with Gasteiger partial charge in [-0.2, -0.15) is 0 Å². The Hall–Kier alpha value is -1.23. The number of hydrogen-bond donors (Lipinski definition) is 1. The van der Waals surface area contributed by atoms with Gasteiger partial charge in [0, 0.05) is 27.2 Å². The van der Waals surface area contributed by atoms with Gasteiger partial charge in [-0.3, -0.25) is 4.79 Å². The van der Waals surface area contributed by atoms with Gasteiger partial charge in [-0.05, 0) is 24.8 Å². The number of anilines is 2. The minimum absolute atomic E-state index is 0.00204. The molecular weight excluding hydrogens is 258 g/mol. The van der Waals surface area contributed by atoms with Crippen LogP contribution in [0.4, 0.5) is 10.7 Å². The van der Waals surface area contributed by atoms with Crippen molar-refractivity contribution < 1.29 is 4.79 Å². The van der Waals surface area contributed by atoms with E-state index in [4.69, 9.17) is 5.73 Å². The largest absolute Gasteiger partial charge is 0.397 e. The van der Waals surface area contributed by atoms with Gasteiger partial charge in [0.05, 0.1) is 10.7 Å². The Balaban J connectivity index is 2.17. The molecule has 2 rings (SSSR count). The van der Waals surface area contributed by atoms with E-state index in [-0.39, 0.29) is 5.91 Å². The van der Waals surface area contributed by atoms with Crippen molar-refractivity contribution in [3.05, 3.63) is 10.9 Å². The number of nitrogens with zero attached hydrogens (tertiary/aromatic N) is 2. The number of nitrogens with two attached hydrogens (primary N) is 1. The quantitative estimate of drug-likeness (QED) is 0.926. The highest BCUT2D eigenvalue weighted by molar-refractivity contribution is 7.18. The second kappa shape index (κ2) is 5.82.